The smallest absolute Gasteiger partial charge is 0.0247 e. The first-order valence-corrected chi connectivity index (χ1v) is 7.48. The van der Waals surface area contributed by atoms with Crippen molar-refractivity contribution in [3.05, 3.63) is 71.8 Å². The monoisotopic (exact) mass is 256 g/mol. The zero-order chi connectivity index (χ0) is 12.6. The number of hydrogen-bond donors (Lipinski definition) is 0. The molecule has 0 aliphatic carbocycles. The van der Waals surface area contributed by atoms with Crippen molar-refractivity contribution in [2.75, 3.05) is 6.16 Å². The number of hydrogen-bond acceptors (Lipinski definition) is 0. The summed E-state index contributed by atoms with van der Waals surface area (Å²) in [5, 5.41) is 0. The van der Waals surface area contributed by atoms with Crippen LogP contribution < -0.4 is 0 Å². The van der Waals surface area contributed by atoms with Crippen LogP contribution in [0.15, 0.2) is 60.7 Å². The van der Waals surface area contributed by atoms with Gasteiger partial charge >= 0.3 is 0 Å². The summed E-state index contributed by atoms with van der Waals surface area (Å²) in [7, 11) is 2.86. The second-order valence-corrected chi connectivity index (χ2v) is 5.40. The molecule has 0 saturated carbocycles. The summed E-state index contributed by atoms with van der Waals surface area (Å²) in [5.41, 5.74) is 2.91. The van der Waals surface area contributed by atoms with Crippen LogP contribution in [0.2, 0.25) is 0 Å². The topological polar surface area (TPSA) is 0 Å². The quantitative estimate of drug-likeness (QED) is 0.674. The molecular formula is C17H21P. The summed E-state index contributed by atoms with van der Waals surface area (Å²) in [5.74, 6) is 0.743. The lowest BCUT2D eigenvalue weighted by Crippen LogP contribution is -2.09. The van der Waals surface area contributed by atoms with Crippen molar-refractivity contribution < 1.29 is 0 Å². The minimum absolute atomic E-state index is 0.743. The number of rotatable bonds is 6. The van der Waals surface area contributed by atoms with Gasteiger partial charge in [-0.05, 0) is 42.5 Å². The van der Waals surface area contributed by atoms with Crippen LogP contribution in [0.4, 0.5) is 0 Å². The van der Waals surface area contributed by atoms with Gasteiger partial charge in [-0.15, -0.1) is 9.24 Å². The second kappa shape index (κ2) is 7.34. The van der Waals surface area contributed by atoms with E-state index in [0.29, 0.717) is 0 Å². The molecule has 0 radical (unpaired) electrons. The maximum atomic E-state index is 2.86. The van der Waals surface area contributed by atoms with Gasteiger partial charge in [-0.2, -0.15) is 0 Å². The van der Waals surface area contributed by atoms with E-state index < -0.39 is 0 Å². The predicted octanol–water partition coefficient (Wildman–Crippen LogP) is 4.35. The first-order chi connectivity index (χ1) is 8.88. The maximum absolute atomic E-state index is 2.86. The van der Waals surface area contributed by atoms with E-state index in [-0.39, 0.29) is 0 Å². The van der Waals surface area contributed by atoms with Crippen LogP contribution >= 0.6 is 9.24 Å². The van der Waals surface area contributed by atoms with E-state index in [1.807, 2.05) is 0 Å². The van der Waals surface area contributed by atoms with Crippen molar-refractivity contribution in [1.82, 2.24) is 0 Å². The SMILES string of the molecule is PCCC(Cc1ccccc1)Cc1ccccc1. The van der Waals surface area contributed by atoms with Crippen molar-refractivity contribution in [2.45, 2.75) is 19.3 Å². The second-order valence-electron chi connectivity index (χ2n) is 4.82. The molecule has 1 atom stereocenters. The highest BCUT2D eigenvalue weighted by Gasteiger charge is 2.09. The molecule has 2 aromatic carbocycles. The van der Waals surface area contributed by atoms with Gasteiger partial charge in [0.05, 0.1) is 0 Å². The zero-order valence-electron chi connectivity index (χ0n) is 10.8. The zero-order valence-corrected chi connectivity index (χ0v) is 11.9. The molecule has 0 bridgehead atoms. The van der Waals surface area contributed by atoms with Crippen LogP contribution in [0.25, 0.3) is 0 Å². The fraction of sp³-hybridized carbons (Fsp3) is 0.294. The summed E-state index contributed by atoms with van der Waals surface area (Å²) in [4.78, 5) is 0. The highest BCUT2D eigenvalue weighted by molar-refractivity contribution is 7.16. The van der Waals surface area contributed by atoms with E-state index >= 15 is 0 Å². The van der Waals surface area contributed by atoms with E-state index in [4.69, 9.17) is 0 Å². The predicted molar refractivity (Wildman–Crippen MR) is 83.0 cm³/mol. The van der Waals surface area contributed by atoms with Gasteiger partial charge in [0.25, 0.3) is 0 Å². The standard InChI is InChI=1S/C17H21P/c18-12-11-17(13-15-7-3-1-4-8-15)14-16-9-5-2-6-10-16/h1-10,17H,11-14,18H2. The van der Waals surface area contributed by atoms with Crippen LogP contribution in [0.1, 0.15) is 17.5 Å². The van der Waals surface area contributed by atoms with Gasteiger partial charge < -0.3 is 0 Å². The van der Waals surface area contributed by atoms with Crippen LogP contribution in [0.5, 0.6) is 0 Å². The molecule has 1 unspecified atom stereocenters. The molecule has 0 N–H and O–H groups in total. The Kier molecular flexibility index (Phi) is 5.42. The third-order valence-corrected chi connectivity index (χ3v) is 3.64. The van der Waals surface area contributed by atoms with Crippen LogP contribution in [0, 0.1) is 5.92 Å². The molecule has 0 saturated heterocycles. The molecular weight excluding hydrogens is 235 g/mol. The summed E-state index contributed by atoms with van der Waals surface area (Å²) in [6.45, 7) is 0. The van der Waals surface area contributed by atoms with E-state index in [1.165, 1.54) is 36.6 Å². The first-order valence-electron chi connectivity index (χ1n) is 6.66. The lowest BCUT2D eigenvalue weighted by atomic mass is 9.90. The summed E-state index contributed by atoms with van der Waals surface area (Å²) in [6, 6.07) is 21.7. The molecule has 1 heteroatoms. The van der Waals surface area contributed by atoms with Gasteiger partial charge in [-0.25, -0.2) is 0 Å². The Morgan fingerprint density at radius 2 is 1.17 bits per heavy atom. The van der Waals surface area contributed by atoms with Crippen molar-refractivity contribution in [2.24, 2.45) is 5.92 Å². The minimum Gasteiger partial charge on any atom is -0.138 e. The fourth-order valence-electron chi connectivity index (χ4n) is 2.41. The molecule has 0 aromatic heterocycles. The average molecular weight is 256 g/mol. The minimum atomic E-state index is 0.743. The first kappa shape index (κ1) is 13.3. The third kappa shape index (κ3) is 4.27. The largest absolute Gasteiger partial charge is 0.138 e. The van der Waals surface area contributed by atoms with Crippen molar-refractivity contribution >= 4 is 9.24 Å². The Labute approximate surface area is 113 Å². The highest BCUT2D eigenvalue weighted by Crippen LogP contribution is 2.18. The summed E-state index contributed by atoms with van der Waals surface area (Å²) < 4.78 is 0. The maximum Gasteiger partial charge on any atom is -0.0247 e. The summed E-state index contributed by atoms with van der Waals surface area (Å²) in [6.07, 6.45) is 4.83. The van der Waals surface area contributed by atoms with E-state index in [2.05, 4.69) is 69.9 Å². The lowest BCUT2D eigenvalue weighted by molar-refractivity contribution is 0.508. The molecule has 0 aliphatic rings. The molecule has 94 valence electrons. The Hall–Kier alpha value is -1.13. The molecule has 2 aromatic rings. The van der Waals surface area contributed by atoms with Gasteiger partial charge in [0.1, 0.15) is 0 Å². The van der Waals surface area contributed by atoms with Crippen molar-refractivity contribution in [3.8, 4) is 0 Å². The molecule has 0 nitrogen and oxygen atoms in total. The van der Waals surface area contributed by atoms with Gasteiger partial charge in [-0.1, -0.05) is 60.7 Å². The molecule has 0 aliphatic heterocycles. The summed E-state index contributed by atoms with van der Waals surface area (Å²) >= 11 is 0. The van der Waals surface area contributed by atoms with E-state index in [0.717, 1.165) is 5.92 Å². The van der Waals surface area contributed by atoms with Crippen LogP contribution in [-0.2, 0) is 12.8 Å². The van der Waals surface area contributed by atoms with Gasteiger partial charge in [0, 0.05) is 0 Å². The molecule has 0 spiro atoms. The van der Waals surface area contributed by atoms with Crippen LogP contribution in [-0.4, -0.2) is 6.16 Å². The molecule has 0 heterocycles. The number of benzene rings is 2. The van der Waals surface area contributed by atoms with Gasteiger partial charge in [0.15, 0.2) is 0 Å². The molecule has 0 fully saturated rings. The lowest BCUT2D eigenvalue weighted by Gasteiger charge is -2.16. The third-order valence-electron chi connectivity index (χ3n) is 3.31. The van der Waals surface area contributed by atoms with Gasteiger partial charge in [0.2, 0.25) is 0 Å². The normalized spacial score (nSPS) is 10.8. The van der Waals surface area contributed by atoms with E-state index in [9.17, 15) is 0 Å². The van der Waals surface area contributed by atoms with E-state index in [1.54, 1.807) is 0 Å². The Balaban J connectivity index is 2.00. The Morgan fingerprint density at radius 1 is 0.722 bits per heavy atom. The molecule has 18 heavy (non-hydrogen) atoms. The molecule has 0 amide bonds. The average Bonchev–Trinajstić information content (AvgIpc) is 2.41. The Bertz CT molecular complexity index is 394. The van der Waals surface area contributed by atoms with Crippen molar-refractivity contribution in [1.29, 1.82) is 0 Å². The molecule has 2 rings (SSSR count). The van der Waals surface area contributed by atoms with Crippen LogP contribution in [0.3, 0.4) is 0 Å². The fourth-order valence-corrected chi connectivity index (χ4v) is 2.88. The highest BCUT2D eigenvalue weighted by atomic mass is 31.0. The van der Waals surface area contributed by atoms with Gasteiger partial charge in [-0.3, -0.25) is 0 Å². The van der Waals surface area contributed by atoms with Crippen molar-refractivity contribution in [3.63, 3.8) is 0 Å². The Morgan fingerprint density at radius 3 is 1.56 bits per heavy atom.